The molecule has 3 N–H and O–H groups in total. The third-order valence-corrected chi connectivity index (χ3v) is 4.94. The maximum Gasteiger partial charge on any atom is 0.325 e. The first-order chi connectivity index (χ1) is 8.93. The molecular weight excluding hydrogens is 272 g/mol. The minimum Gasteiger partial charge on any atom is -0.480 e. The Balaban J connectivity index is 2.16. The van der Waals surface area contributed by atoms with E-state index in [1.807, 2.05) is 0 Å². The minimum absolute atomic E-state index is 0.0198. The molecule has 0 aromatic carbocycles. The molecule has 2 rings (SSSR count). The Morgan fingerprint density at radius 2 is 2.32 bits per heavy atom. The first kappa shape index (κ1) is 14.0. The molecule has 0 saturated carbocycles. The lowest BCUT2D eigenvalue weighted by atomic mass is 10.1. The molecule has 1 atom stereocenters. The molecule has 106 valence electrons. The topological polar surface area (TPSA) is 119 Å². The number of aliphatic carboxylic acids is 1. The molecule has 0 bridgehead atoms. The fraction of sp³-hybridized carbons (Fsp3) is 0.600. The molecule has 0 spiro atoms. The molecule has 8 nitrogen and oxygen atoms in total. The number of hydrogen-bond acceptors (Lipinski definition) is 5. The van der Waals surface area contributed by atoms with E-state index in [2.05, 4.69) is 5.10 Å². The maximum absolute atomic E-state index is 12.3. The van der Waals surface area contributed by atoms with E-state index in [9.17, 15) is 13.2 Å². The molecule has 19 heavy (non-hydrogen) atoms. The second-order valence-corrected chi connectivity index (χ2v) is 6.46. The van der Waals surface area contributed by atoms with Crippen LogP contribution in [-0.2, 0) is 21.4 Å². The van der Waals surface area contributed by atoms with Crippen LogP contribution in [-0.4, -0.2) is 53.2 Å². The molecule has 1 aromatic heterocycles. The quantitative estimate of drug-likeness (QED) is 0.712. The van der Waals surface area contributed by atoms with Gasteiger partial charge in [-0.1, -0.05) is 0 Å². The van der Waals surface area contributed by atoms with E-state index in [0.29, 0.717) is 19.6 Å². The highest BCUT2D eigenvalue weighted by Gasteiger charge is 2.32. The van der Waals surface area contributed by atoms with E-state index < -0.39 is 16.0 Å². The molecule has 1 unspecified atom stereocenters. The van der Waals surface area contributed by atoms with Crippen molar-refractivity contribution in [3.8, 4) is 0 Å². The number of carboxylic acids is 1. The number of aromatic nitrogens is 2. The lowest BCUT2D eigenvalue weighted by Crippen LogP contribution is -2.29. The Morgan fingerprint density at radius 1 is 1.58 bits per heavy atom. The van der Waals surface area contributed by atoms with Crippen LogP contribution in [0.15, 0.2) is 17.3 Å². The monoisotopic (exact) mass is 288 g/mol. The van der Waals surface area contributed by atoms with Crippen LogP contribution in [0.25, 0.3) is 0 Å². The van der Waals surface area contributed by atoms with Crippen molar-refractivity contribution in [2.45, 2.75) is 17.9 Å². The second-order valence-electron chi connectivity index (χ2n) is 4.52. The van der Waals surface area contributed by atoms with E-state index in [1.165, 1.54) is 16.7 Å². The van der Waals surface area contributed by atoms with Gasteiger partial charge in [0, 0.05) is 19.3 Å². The van der Waals surface area contributed by atoms with Crippen molar-refractivity contribution in [3.63, 3.8) is 0 Å². The van der Waals surface area contributed by atoms with Crippen molar-refractivity contribution in [1.29, 1.82) is 0 Å². The predicted octanol–water partition coefficient (Wildman–Crippen LogP) is -1.06. The SMILES string of the molecule is NCC1CCN(S(=O)(=O)c2cnn(CC(=O)O)c2)C1. The van der Waals surface area contributed by atoms with Gasteiger partial charge in [0.15, 0.2) is 0 Å². The molecule has 0 amide bonds. The van der Waals surface area contributed by atoms with E-state index in [1.54, 1.807) is 0 Å². The highest BCUT2D eigenvalue weighted by molar-refractivity contribution is 7.89. The van der Waals surface area contributed by atoms with Gasteiger partial charge in [0.05, 0.1) is 6.20 Å². The van der Waals surface area contributed by atoms with Crippen LogP contribution in [0.4, 0.5) is 0 Å². The number of hydrogen-bond donors (Lipinski definition) is 2. The Labute approximate surface area is 110 Å². The largest absolute Gasteiger partial charge is 0.480 e. The van der Waals surface area contributed by atoms with Gasteiger partial charge in [-0.15, -0.1) is 0 Å². The lowest BCUT2D eigenvalue weighted by molar-refractivity contribution is -0.137. The summed E-state index contributed by atoms with van der Waals surface area (Å²) in [5.74, 6) is -0.889. The van der Waals surface area contributed by atoms with Crippen molar-refractivity contribution >= 4 is 16.0 Å². The summed E-state index contributed by atoms with van der Waals surface area (Å²) in [6, 6.07) is 0. The summed E-state index contributed by atoms with van der Waals surface area (Å²) < 4.78 is 27.0. The van der Waals surface area contributed by atoms with Gasteiger partial charge in [0.2, 0.25) is 10.0 Å². The molecule has 9 heteroatoms. The van der Waals surface area contributed by atoms with Crippen LogP contribution < -0.4 is 5.73 Å². The number of rotatable bonds is 5. The zero-order valence-corrected chi connectivity index (χ0v) is 11.1. The minimum atomic E-state index is -3.60. The highest BCUT2D eigenvalue weighted by Crippen LogP contribution is 2.23. The van der Waals surface area contributed by atoms with Crippen molar-refractivity contribution in [1.82, 2.24) is 14.1 Å². The standard InChI is InChI=1S/C10H16N4O4S/c11-3-8-1-2-14(5-8)19(17,18)9-4-12-13(6-9)7-10(15)16/h4,6,8H,1-3,5,7,11H2,(H,15,16). The van der Waals surface area contributed by atoms with Gasteiger partial charge in [-0.05, 0) is 18.9 Å². The molecule has 1 fully saturated rings. The zero-order chi connectivity index (χ0) is 14.0. The smallest absolute Gasteiger partial charge is 0.325 e. The number of sulfonamides is 1. The van der Waals surface area contributed by atoms with Gasteiger partial charge < -0.3 is 10.8 Å². The summed E-state index contributed by atoms with van der Waals surface area (Å²) >= 11 is 0. The van der Waals surface area contributed by atoms with Gasteiger partial charge in [-0.2, -0.15) is 9.40 Å². The fourth-order valence-corrected chi connectivity index (χ4v) is 3.55. The molecule has 2 heterocycles. The highest BCUT2D eigenvalue weighted by atomic mass is 32.2. The predicted molar refractivity (Wildman–Crippen MR) is 65.8 cm³/mol. The Morgan fingerprint density at radius 3 is 2.89 bits per heavy atom. The van der Waals surface area contributed by atoms with Crippen LogP contribution >= 0.6 is 0 Å². The average molecular weight is 288 g/mol. The normalized spacial score (nSPS) is 20.8. The van der Waals surface area contributed by atoms with Gasteiger partial charge in [-0.3, -0.25) is 9.48 Å². The zero-order valence-electron chi connectivity index (χ0n) is 10.3. The van der Waals surface area contributed by atoms with Crippen molar-refractivity contribution in [2.24, 2.45) is 11.7 Å². The van der Waals surface area contributed by atoms with E-state index in [-0.39, 0.29) is 17.4 Å². The van der Waals surface area contributed by atoms with Crippen molar-refractivity contribution in [2.75, 3.05) is 19.6 Å². The summed E-state index contributed by atoms with van der Waals surface area (Å²) in [6.07, 6.45) is 3.16. The van der Waals surface area contributed by atoms with Crippen LogP contribution in [0.2, 0.25) is 0 Å². The number of nitrogens with zero attached hydrogens (tertiary/aromatic N) is 3. The lowest BCUT2D eigenvalue weighted by Gasteiger charge is -2.14. The van der Waals surface area contributed by atoms with Crippen LogP contribution in [0.3, 0.4) is 0 Å². The van der Waals surface area contributed by atoms with Crippen molar-refractivity contribution < 1.29 is 18.3 Å². The van der Waals surface area contributed by atoms with Crippen molar-refractivity contribution in [3.05, 3.63) is 12.4 Å². The summed E-state index contributed by atoms with van der Waals surface area (Å²) in [5.41, 5.74) is 5.53. The molecule has 0 aliphatic carbocycles. The number of nitrogens with two attached hydrogens (primary N) is 1. The summed E-state index contributed by atoms with van der Waals surface area (Å²) in [6.45, 7) is 0.947. The third kappa shape index (κ3) is 2.94. The number of carbonyl (C=O) groups is 1. The Hall–Kier alpha value is -1.45. The van der Waals surface area contributed by atoms with E-state index in [0.717, 1.165) is 11.1 Å². The Kier molecular flexibility index (Phi) is 3.88. The molecule has 1 aromatic rings. The molecular formula is C10H16N4O4S. The molecule has 1 saturated heterocycles. The number of carboxylic acid groups (broad SMARTS) is 1. The van der Waals surface area contributed by atoms with Gasteiger partial charge in [-0.25, -0.2) is 8.42 Å². The fourth-order valence-electron chi connectivity index (χ4n) is 2.06. The van der Waals surface area contributed by atoms with E-state index in [4.69, 9.17) is 10.8 Å². The molecule has 0 radical (unpaired) electrons. The molecule has 1 aliphatic rings. The Bertz CT molecular complexity index is 568. The van der Waals surface area contributed by atoms with Gasteiger partial charge in [0.1, 0.15) is 11.4 Å². The van der Waals surface area contributed by atoms with E-state index >= 15 is 0 Å². The van der Waals surface area contributed by atoms with Gasteiger partial charge in [0.25, 0.3) is 0 Å². The summed E-state index contributed by atoms with van der Waals surface area (Å²) in [7, 11) is -3.60. The van der Waals surface area contributed by atoms with Crippen LogP contribution in [0, 0.1) is 5.92 Å². The summed E-state index contributed by atoms with van der Waals surface area (Å²) in [5, 5.41) is 12.4. The average Bonchev–Trinajstić information content (AvgIpc) is 2.96. The third-order valence-electron chi connectivity index (χ3n) is 3.13. The van der Waals surface area contributed by atoms with Gasteiger partial charge >= 0.3 is 5.97 Å². The maximum atomic E-state index is 12.3. The van der Waals surface area contributed by atoms with Crippen LogP contribution in [0.1, 0.15) is 6.42 Å². The first-order valence-corrected chi connectivity index (χ1v) is 7.32. The second kappa shape index (κ2) is 5.27. The van der Waals surface area contributed by atoms with Crippen LogP contribution in [0.5, 0.6) is 0 Å². The summed E-state index contributed by atoms with van der Waals surface area (Å²) in [4.78, 5) is 10.6. The molecule has 1 aliphatic heterocycles. The first-order valence-electron chi connectivity index (χ1n) is 5.88.